The molecule has 50 heavy (non-hydrogen) atoms. The Morgan fingerprint density at radius 1 is 0.360 bits per heavy atom. The molecule has 6 aromatic carbocycles. The molecule has 0 radical (unpaired) electrons. The molecule has 0 saturated carbocycles. The van der Waals surface area contributed by atoms with Crippen LogP contribution in [-0.2, 0) is 14.1 Å². The van der Waals surface area contributed by atoms with E-state index in [2.05, 4.69) is 84.2 Å². The van der Waals surface area contributed by atoms with Gasteiger partial charge in [0.25, 0.3) is 0 Å². The molecular weight excluding hydrogens is 636 g/mol. The maximum absolute atomic E-state index is 5.69. The Morgan fingerprint density at radius 3 is 1.20 bits per heavy atom. The quantitative estimate of drug-likeness (QED) is 0.129. The number of rotatable bonds is 0. The zero-order valence-electron chi connectivity index (χ0n) is 27.1. The number of benzene rings is 6. The lowest BCUT2D eigenvalue weighted by Gasteiger charge is -2.08. The lowest BCUT2D eigenvalue weighted by molar-refractivity contribution is -0.642. The summed E-state index contributed by atoms with van der Waals surface area (Å²) in [6.07, 6.45) is 4.21. The van der Waals surface area contributed by atoms with Gasteiger partial charge in [-0.15, -0.1) is 0 Å². The lowest BCUT2D eigenvalue weighted by Crippen LogP contribution is -2.28. The third-order valence-electron chi connectivity index (χ3n) is 10.1. The molecule has 0 N–H and O–H groups in total. The summed E-state index contributed by atoms with van der Waals surface area (Å²) in [4.78, 5) is 0. The Morgan fingerprint density at radius 2 is 0.740 bits per heavy atom. The molecule has 0 fully saturated rings. The summed E-state index contributed by atoms with van der Waals surface area (Å²) >= 11 is 0. The summed E-state index contributed by atoms with van der Waals surface area (Å²) in [5, 5.41) is 11.3. The number of hydrogen-bond donors (Lipinski definition) is 0. The predicted octanol–water partition coefficient (Wildman–Crippen LogP) is 6.86. The Labute approximate surface area is 284 Å². The first-order chi connectivity index (χ1) is 24.6. The van der Waals surface area contributed by atoms with Crippen LogP contribution in [0.1, 0.15) is 0 Å². The molecule has 0 aliphatic carbocycles. The van der Waals surface area contributed by atoms with E-state index in [0.717, 1.165) is 100 Å². The summed E-state index contributed by atoms with van der Waals surface area (Å²) < 4.78 is 48.9. The number of fused-ring (bicyclic) bond motifs is 16. The van der Waals surface area contributed by atoms with Gasteiger partial charge in [0, 0.05) is 10.8 Å². The molecular formula is C40H28N2O8+2. The number of aryl methyl sites for hydroxylation is 2. The Hall–Kier alpha value is -6.42. The molecule has 6 heterocycles. The van der Waals surface area contributed by atoms with Gasteiger partial charge in [-0.3, -0.25) is 0 Å². The van der Waals surface area contributed by atoms with Crippen molar-refractivity contribution in [3.63, 3.8) is 0 Å². The summed E-state index contributed by atoms with van der Waals surface area (Å²) in [7, 11) is 4.11. The van der Waals surface area contributed by atoms with Crippen LogP contribution in [0.25, 0.3) is 64.9 Å². The standard InChI is InChI=1S/2C20H14NO4/c2*1-21-8-15-12(4-5-16-20(15)25-10-22-16)13-3-2-11-6-17-18(24-9-23-17)7-14(11)19(13)21/h2*2-8H,9-10H2,1H3/q2*+1. The normalized spacial score (nSPS) is 14.8. The van der Waals surface area contributed by atoms with Crippen LogP contribution in [0.2, 0.25) is 0 Å². The molecule has 244 valence electrons. The van der Waals surface area contributed by atoms with Gasteiger partial charge in [-0.1, -0.05) is 12.1 Å². The molecule has 0 amide bonds. The smallest absolute Gasteiger partial charge is 0.231 e. The maximum Gasteiger partial charge on any atom is 0.231 e. The zero-order valence-corrected chi connectivity index (χ0v) is 27.1. The lowest BCUT2D eigenvalue weighted by atomic mass is 10.00. The SMILES string of the molecule is C[n+]1cc2c3c(ccc2c2ccc4cc5c(cc4c21)OCO5)OCO3.C[n+]1cc2c3c(ccc2c2ccc4cc5c(cc4c21)OCO5)OCO3. The molecule has 0 atom stereocenters. The maximum atomic E-state index is 5.69. The number of nitrogens with zero attached hydrogens (tertiary/aromatic N) is 2. The molecule has 0 unspecified atom stereocenters. The average Bonchev–Trinajstić information content (AvgIpc) is 3.96. The van der Waals surface area contributed by atoms with Gasteiger partial charge in [0.05, 0.1) is 32.3 Å². The second kappa shape index (κ2) is 10.1. The van der Waals surface area contributed by atoms with Gasteiger partial charge in [0.1, 0.15) is 14.1 Å². The van der Waals surface area contributed by atoms with E-state index >= 15 is 0 Å². The second-order valence-electron chi connectivity index (χ2n) is 12.8. The third-order valence-corrected chi connectivity index (χ3v) is 10.1. The van der Waals surface area contributed by atoms with Crippen LogP contribution in [0, 0.1) is 0 Å². The van der Waals surface area contributed by atoms with Crippen LogP contribution >= 0.6 is 0 Å². The van der Waals surface area contributed by atoms with Gasteiger partial charge in [0.2, 0.25) is 38.2 Å². The predicted molar refractivity (Wildman–Crippen MR) is 185 cm³/mol. The molecule has 4 aliphatic rings. The van der Waals surface area contributed by atoms with E-state index in [0.29, 0.717) is 0 Å². The minimum Gasteiger partial charge on any atom is -0.454 e. The van der Waals surface area contributed by atoms with Gasteiger partial charge < -0.3 is 37.9 Å². The van der Waals surface area contributed by atoms with Crippen molar-refractivity contribution in [1.82, 2.24) is 0 Å². The van der Waals surface area contributed by atoms with Crippen LogP contribution in [0.3, 0.4) is 0 Å². The first-order valence-electron chi connectivity index (χ1n) is 16.3. The van der Waals surface area contributed by atoms with Crippen LogP contribution in [0.15, 0.2) is 85.2 Å². The molecule has 0 saturated heterocycles. The molecule has 0 bridgehead atoms. The first kappa shape index (κ1) is 27.5. The molecule has 12 rings (SSSR count). The van der Waals surface area contributed by atoms with Crippen molar-refractivity contribution >= 4 is 64.9 Å². The molecule has 10 heteroatoms. The fourth-order valence-electron chi connectivity index (χ4n) is 7.82. The number of aromatic nitrogens is 2. The van der Waals surface area contributed by atoms with Gasteiger partial charge >= 0.3 is 0 Å². The van der Waals surface area contributed by atoms with E-state index in [1.165, 1.54) is 10.8 Å². The van der Waals surface area contributed by atoms with Crippen molar-refractivity contribution in [3.05, 3.63) is 85.2 Å². The van der Waals surface area contributed by atoms with Crippen LogP contribution in [0.4, 0.5) is 0 Å². The molecule has 4 aliphatic heterocycles. The zero-order chi connectivity index (χ0) is 33.1. The molecule has 2 aromatic heterocycles. The highest BCUT2D eigenvalue weighted by molar-refractivity contribution is 6.16. The third kappa shape index (κ3) is 3.84. The molecule has 0 spiro atoms. The topological polar surface area (TPSA) is 81.6 Å². The number of pyridine rings is 2. The average molecular weight is 665 g/mol. The first-order valence-corrected chi connectivity index (χ1v) is 16.3. The summed E-state index contributed by atoms with van der Waals surface area (Å²) in [5.74, 6) is 6.45. The highest BCUT2D eigenvalue weighted by atomic mass is 16.7. The van der Waals surface area contributed by atoms with Crippen molar-refractivity contribution < 1.29 is 47.0 Å². The van der Waals surface area contributed by atoms with E-state index in [1.807, 2.05) is 24.3 Å². The second-order valence-corrected chi connectivity index (χ2v) is 12.8. The van der Waals surface area contributed by atoms with Gasteiger partial charge in [-0.2, -0.15) is 9.13 Å². The van der Waals surface area contributed by atoms with Gasteiger partial charge in [-0.25, -0.2) is 0 Å². The van der Waals surface area contributed by atoms with E-state index in [9.17, 15) is 0 Å². The minimum absolute atomic E-state index is 0.275. The number of hydrogen-bond acceptors (Lipinski definition) is 8. The van der Waals surface area contributed by atoms with Crippen molar-refractivity contribution in [2.75, 3.05) is 27.2 Å². The van der Waals surface area contributed by atoms with Crippen LogP contribution in [-0.4, -0.2) is 27.2 Å². The van der Waals surface area contributed by atoms with Crippen molar-refractivity contribution in [2.45, 2.75) is 0 Å². The van der Waals surface area contributed by atoms with Gasteiger partial charge in [0.15, 0.2) is 58.4 Å². The molecule has 8 aromatic rings. The fourth-order valence-corrected chi connectivity index (χ4v) is 7.82. The summed E-state index contributed by atoms with van der Waals surface area (Å²) in [6, 6.07) is 25.0. The van der Waals surface area contributed by atoms with Crippen LogP contribution in [0.5, 0.6) is 46.0 Å². The van der Waals surface area contributed by atoms with E-state index in [4.69, 9.17) is 37.9 Å². The minimum atomic E-state index is 0.275. The fraction of sp³-hybridized carbons (Fsp3) is 0.150. The molecule has 10 nitrogen and oxygen atoms in total. The van der Waals surface area contributed by atoms with Gasteiger partial charge in [-0.05, 0) is 71.4 Å². The number of ether oxygens (including phenoxy) is 8. The summed E-state index contributed by atoms with van der Waals surface area (Å²) in [6.45, 7) is 1.11. The Kier molecular flexibility index (Phi) is 5.53. The Balaban J connectivity index is 0.000000120. The van der Waals surface area contributed by atoms with Crippen LogP contribution < -0.4 is 47.0 Å². The van der Waals surface area contributed by atoms with Crippen molar-refractivity contribution in [3.8, 4) is 46.0 Å². The summed E-state index contributed by atoms with van der Waals surface area (Å²) in [5.41, 5.74) is 2.31. The Bertz CT molecular complexity index is 2620. The van der Waals surface area contributed by atoms with Crippen molar-refractivity contribution in [1.29, 1.82) is 0 Å². The highest BCUT2D eigenvalue weighted by Gasteiger charge is 2.26. The largest absolute Gasteiger partial charge is 0.454 e. The van der Waals surface area contributed by atoms with Crippen molar-refractivity contribution in [2.24, 2.45) is 14.1 Å². The van der Waals surface area contributed by atoms with E-state index in [-0.39, 0.29) is 27.2 Å². The van der Waals surface area contributed by atoms with E-state index < -0.39 is 0 Å². The monoisotopic (exact) mass is 664 g/mol. The highest BCUT2D eigenvalue weighted by Crippen LogP contribution is 2.45. The van der Waals surface area contributed by atoms with E-state index in [1.54, 1.807) is 0 Å².